The summed E-state index contributed by atoms with van der Waals surface area (Å²) in [5.74, 6) is 0. The van der Waals surface area contributed by atoms with Gasteiger partial charge in [-0.25, -0.2) is 0 Å². The Kier molecular flexibility index (Phi) is 3.25. The van der Waals surface area contributed by atoms with Gasteiger partial charge in [-0.05, 0) is 25.5 Å². The van der Waals surface area contributed by atoms with Gasteiger partial charge in [-0.1, -0.05) is 0 Å². The van der Waals surface area contributed by atoms with Gasteiger partial charge in [0, 0.05) is 24.0 Å². The Morgan fingerprint density at radius 3 is 2.38 bits per heavy atom. The molecule has 0 spiro atoms. The van der Waals surface area contributed by atoms with Crippen LogP contribution in [0.3, 0.4) is 0 Å². The van der Waals surface area contributed by atoms with E-state index in [0.29, 0.717) is 5.56 Å². The van der Waals surface area contributed by atoms with Gasteiger partial charge >= 0.3 is 6.18 Å². The maximum Gasteiger partial charge on any atom is 0.423 e. The van der Waals surface area contributed by atoms with Crippen molar-refractivity contribution in [2.45, 2.75) is 31.7 Å². The first kappa shape index (κ1) is 12.9. The average molecular weight is 234 g/mol. The lowest BCUT2D eigenvalue weighted by Crippen LogP contribution is -2.54. The van der Waals surface area contributed by atoms with Crippen LogP contribution < -0.4 is 5.73 Å². The van der Waals surface area contributed by atoms with Crippen LogP contribution in [0.4, 0.5) is 13.2 Å². The van der Waals surface area contributed by atoms with Crippen LogP contribution in [-0.4, -0.2) is 22.3 Å². The third kappa shape index (κ3) is 1.90. The van der Waals surface area contributed by atoms with E-state index in [-0.39, 0.29) is 5.56 Å². The van der Waals surface area contributed by atoms with Gasteiger partial charge in [0.15, 0.2) is 0 Å². The van der Waals surface area contributed by atoms with E-state index in [9.17, 15) is 18.3 Å². The molecular weight excluding hydrogens is 221 g/mol. The molecule has 1 aromatic heterocycles. The predicted molar refractivity (Wildman–Crippen MR) is 52.6 cm³/mol. The minimum absolute atomic E-state index is 0.298. The third-order valence-electron chi connectivity index (χ3n) is 2.54. The van der Waals surface area contributed by atoms with Crippen molar-refractivity contribution in [3.63, 3.8) is 0 Å². The van der Waals surface area contributed by atoms with Gasteiger partial charge in [-0.3, -0.25) is 4.98 Å². The minimum atomic E-state index is -4.84. The third-order valence-corrected chi connectivity index (χ3v) is 2.54. The van der Waals surface area contributed by atoms with Crippen LogP contribution >= 0.6 is 0 Å². The van der Waals surface area contributed by atoms with Crippen molar-refractivity contribution >= 4 is 0 Å². The molecule has 2 atom stereocenters. The van der Waals surface area contributed by atoms with E-state index in [1.54, 1.807) is 0 Å². The van der Waals surface area contributed by atoms with Crippen molar-refractivity contribution in [3.05, 3.63) is 29.6 Å². The first-order valence-electron chi connectivity index (χ1n) is 4.67. The molecule has 90 valence electrons. The summed E-state index contributed by atoms with van der Waals surface area (Å²) in [5.41, 5.74) is 2.19. The van der Waals surface area contributed by atoms with E-state index < -0.39 is 17.8 Å². The highest BCUT2D eigenvalue weighted by Crippen LogP contribution is 2.41. The van der Waals surface area contributed by atoms with Crippen LogP contribution in [0, 0.1) is 6.92 Å². The summed E-state index contributed by atoms with van der Waals surface area (Å²) < 4.78 is 38.6. The van der Waals surface area contributed by atoms with Gasteiger partial charge in [0.05, 0.1) is 0 Å². The van der Waals surface area contributed by atoms with Gasteiger partial charge in [0.1, 0.15) is 0 Å². The smallest absolute Gasteiger partial charge is 0.375 e. The van der Waals surface area contributed by atoms with E-state index in [4.69, 9.17) is 5.73 Å². The molecule has 16 heavy (non-hydrogen) atoms. The van der Waals surface area contributed by atoms with Gasteiger partial charge in [0.2, 0.25) is 5.60 Å². The maximum absolute atomic E-state index is 12.9. The van der Waals surface area contributed by atoms with Crippen LogP contribution in [0.25, 0.3) is 0 Å². The highest BCUT2D eigenvalue weighted by atomic mass is 19.4. The second-order valence-electron chi connectivity index (χ2n) is 3.74. The Balaban J connectivity index is 3.40. The number of alkyl halides is 3. The number of aromatic nitrogens is 1. The van der Waals surface area contributed by atoms with Crippen molar-refractivity contribution < 1.29 is 18.3 Å². The highest BCUT2D eigenvalue weighted by Gasteiger charge is 2.58. The van der Waals surface area contributed by atoms with Crippen molar-refractivity contribution in [1.29, 1.82) is 0 Å². The molecule has 6 heteroatoms. The summed E-state index contributed by atoms with van der Waals surface area (Å²) in [5, 5.41) is 9.79. The zero-order valence-electron chi connectivity index (χ0n) is 8.92. The molecule has 1 heterocycles. The molecule has 0 radical (unpaired) electrons. The van der Waals surface area contributed by atoms with Gasteiger partial charge in [-0.15, -0.1) is 0 Å². The summed E-state index contributed by atoms with van der Waals surface area (Å²) in [6.07, 6.45) is -2.49. The van der Waals surface area contributed by atoms with Crippen LogP contribution in [0.2, 0.25) is 0 Å². The molecule has 1 aromatic rings. The molecule has 0 amide bonds. The topological polar surface area (TPSA) is 59.1 Å². The number of aryl methyl sites for hydroxylation is 1. The molecule has 0 aliphatic heterocycles. The van der Waals surface area contributed by atoms with E-state index in [0.717, 1.165) is 13.1 Å². The minimum Gasteiger partial charge on any atom is -0.375 e. The normalized spacial score (nSPS) is 17.9. The standard InChI is InChI=1S/C10H13F3N2O/c1-6-3-4-15-5-8(6)9(16,7(2)14)10(11,12)13/h3-5,7,16H,14H2,1-2H3. The molecular formula is C10H13F3N2O. The number of pyridine rings is 1. The molecule has 0 bridgehead atoms. The molecule has 3 N–H and O–H groups in total. The number of nitrogens with zero attached hydrogens (tertiary/aromatic N) is 1. The second-order valence-corrected chi connectivity index (χ2v) is 3.74. The molecule has 0 saturated heterocycles. The number of aliphatic hydroxyl groups is 1. The number of rotatable bonds is 2. The lowest BCUT2D eigenvalue weighted by molar-refractivity contribution is -0.273. The zero-order chi connectivity index (χ0) is 12.6. The second kappa shape index (κ2) is 4.03. The van der Waals surface area contributed by atoms with Crippen molar-refractivity contribution in [3.8, 4) is 0 Å². The highest BCUT2D eigenvalue weighted by molar-refractivity contribution is 5.31. The van der Waals surface area contributed by atoms with E-state index >= 15 is 0 Å². The fourth-order valence-corrected chi connectivity index (χ4v) is 1.52. The van der Waals surface area contributed by atoms with Crippen molar-refractivity contribution in [1.82, 2.24) is 4.98 Å². The molecule has 1 rings (SSSR count). The summed E-state index contributed by atoms with van der Waals surface area (Å²) in [7, 11) is 0. The number of hydrogen-bond donors (Lipinski definition) is 2. The number of hydrogen-bond acceptors (Lipinski definition) is 3. The largest absolute Gasteiger partial charge is 0.423 e. The monoisotopic (exact) mass is 234 g/mol. The summed E-state index contributed by atoms with van der Waals surface area (Å²) in [6.45, 7) is 2.58. The van der Waals surface area contributed by atoms with Crippen LogP contribution in [0.5, 0.6) is 0 Å². The first-order valence-corrected chi connectivity index (χ1v) is 4.67. The first-order chi connectivity index (χ1) is 7.21. The lowest BCUT2D eigenvalue weighted by Gasteiger charge is -2.34. The number of nitrogens with two attached hydrogens (primary N) is 1. The molecule has 0 aliphatic rings. The van der Waals surface area contributed by atoms with Gasteiger partial charge in [-0.2, -0.15) is 13.2 Å². The lowest BCUT2D eigenvalue weighted by atomic mass is 9.85. The predicted octanol–water partition coefficient (Wildman–Crippen LogP) is 1.49. The molecule has 2 unspecified atom stereocenters. The van der Waals surface area contributed by atoms with Crippen LogP contribution in [0.15, 0.2) is 18.5 Å². The Morgan fingerprint density at radius 2 is 2.00 bits per heavy atom. The average Bonchev–Trinajstić information content (AvgIpc) is 2.15. The maximum atomic E-state index is 12.9. The van der Waals surface area contributed by atoms with E-state index in [1.165, 1.54) is 19.2 Å². The zero-order valence-corrected chi connectivity index (χ0v) is 8.92. The van der Waals surface area contributed by atoms with E-state index in [2.05, 4.69) is 4.98 Å². The van der Waals surface area contributed by atoms with Crippen LogP contribution in [-0.2, 0) is 5.60 Å². The molecule has 3 nitrogen and oxygen atoms in total. The number of halogens is 3. The van der Waals surface area contributed by atoms with Gasteiger partial charge < -0.3 is 10.8 Å². The quantitative estimate of drug-likeness (QED) is 0.815. The molecule has 0 aliphatic carbocycles. The Morgan fingerprint density at radius 1 is 1.44 bits per heavy atom. The molecule has 0 saturated carbocycles. The Hall–Kier alpha value is -1.14. The fourth-order valence-electron chi connectivity index (χ4n) is 1.52. The van der Waals surface area contributed by atoms with Crippen LogP contribution in [0.1, 0.15) is 18.1 Å². The SMILES string of the molecule is Cc1ccncc1C(O)(C(C)N)C(F)(F)F. The summed E-state index contributed by atoms with van der Waals surface area (Å²) in [6, 6.07) is -0.0792. The molecule has 0 fully saturated rings. The summed E-state index contributed by atoms with van der Waals surface area (Å²) in [4.78, 5) is 3.59. The van der Waals surface area contributed by atoms with E-state index in [1.807, 2.05) is 0 Å². The fraction of sp³-hybridized carbons (Fsp3) is 0.500. The Bertz CT molecular complexity index is 379. The Labute approximate surface area is 91.1 Å². The molecule has 0 aromatic carbocycles. The van der Waals surface area contributed by atoms with Crippen molar-refractivity contribution in [2.24, 2.45) is 5.73 Å². The van der Waals surface area contributed by atoms with Crippen molar-refractivity contribution in [2.75, 3.05) is 0 Å². The summed E-state index contributed by atoms with van der Waals surface area (Å²) >= 11 is 0. The van der Waals surface area contributed by atoms with Gasteiger partial charge in [0.25, 0.3) is 0 Å².